The van der Waals surface area contributed by atoms with Gasteiger partial charge in [-0.1, -0.05) is 18.2 Å². The highest BCUT2D eigenvalue weighted by Gasteiger charge is 2.22. The molecular weight excluding hydrogens is 344 g/mol. The number of hydrogen-bond acceptors (Lipinski definition) is 5. The van der Waals surface area contributed by atoms with E-state index >= 15 is 0 Å². The zero-order chi connectivity index (χ0) is 18.5. The van der Waals surface area contributed by atoms with Gasteiger partial charge in [0.05, 0.1) is 13.0 Å². The SMILES string of the molecule is O=C(CCOc1ccccc1)N1CCN(c2ccc3c(c2)OCCO3)CC1. The number of para-hydroxylation sites is 1. The highest BCUT2D eigenvalue weighted by molar-refractivity contribution is 5.76. The fourth-order valence-corrected chi connectivity index (χ4v) is 3.37. The first kappa shape index (κ1) is 17.5. The predicted octanol–water partition coefficient (Wildman–Crippen LogP) is 2.58. The highest BCUT2D eigenvalue weighted by Crippen LogP contribution is 2.34. The molecule has 6 heteroatoms. The molecule has 0 atom stereocenters. The van der Waals surface area contributed by atoms with E-state index in [0.717, 1.165) is 49.1 Å². The van der Waals surface area contributed by atoms with E-state index in [0.29, 0.717) is 26.2 Å². The van der Waals surface area contributed by atoms with Crippen LogP contribution in [0.15, 0.2) is 48.5 Å². The van der Waals surface area contributed by atoms with E-state index < -0.39 is 0 Å². The van der Waals surface area contributed by atoms with Gasteiger partial charge in [-0.05, 0) is 24.3 Å². The summed E-state index contributed by atoms with van der Waals surface area (Å²) in [5, 5.41) is 0. The number of piperazine rings is 1. The fourth-order valence-electron chi connectivity index (χ4n) is 3.37. The molecule has 2 aliphatic rings. The molecule has 2 heterocycles. The normalized spacial score (nSPS) is 16.1. The van der Waals surface area contributed by atoms with Gasteiger partial charge in [-0.2, -0.15) is 0 Å². The molecule has 0 aliphatic carbocycles. The minimum atomic E-state index is 0.146. The van der Waals surface area contributed by atoms with Crippen molar-refractivity contribution in [2.45, 2.75) is 6.42 Å². The topological polar surface area (TPSA) is 51.2 Å². The Balaban J connectivity index is 1.25. The maximum absolute atomic E-state index is 12.4. The predicted molar refractivity (Wildman–Crippen MR) is 103 cm³/mol. The molecule has 142 valence electrons. The monoisotopic (exact) mass is 368 g/mol. The Hall–Kier alpha value is -2.89. The maximum atomic E-state index is 12.4. The Morgan fingerprint density at radius 2 is 1.67 bits per heavy atom. The van der Waals surface area contributed by atoms with Gasteiger partial charge >= 0.3 is 0 Å². The fraction of sp³-hybridized carbons (Fsp3) is 0.381. The number of carbonyl (C=O) groups excluding carboxylic acids is 1. The molecule has 1 saturated heterocycles. The smallest absolute Gasteiger partial charge is 0.226 e. The van der Waals surface area contributed by atoms with Gasteiger partial charge in [0, 0.05) is 37.9 Å². The summed E-state index contributed by atoms with van der Waals surface area (Å²) in [6.45, 7) is 4.66. The standard InChI is InChI=1S/C21H24N2O4/c24-21(8-13-25-18-4-2-1-3-5-18)23-11-9-22(10-12-23)17-6-7-19-20(16-17)27-15-14-26-19/h1-7,16H,8-15H2. The Bertz CT molecular complexity index is 773. The lowest BCUT2D eigenvalue weighted by Crippen LogP contribution is -2.49. The van der Waals surface area contributed by atoms with Crippen molar-refractivity contribution in [1.82, 2.24) is 4.90 Å². The third-order valence-corrected chi connectivity index (χ3v) is 4.85. The third kappa shape index (κ3) is 4.27. The van der Waals surface area contributed by atoms with E-state index in [9.17, 15) is 4.79 Å². The van der Waals surface area contributed by atoms with Crippen molar-refractivity contribution in [2.24, 2.45) is 0 Å². The summed E-state index contributed by atoms with van der Waals surface area (Å²) < 4.78 is 16.9. The molecule has 0 spiro atoms. The van der Waals surface area contributed by atoms with E-state index in [2.05, 4.69) is 11.0 Å². The summed E-state index contributed by atoms with van der Waals surface area (Å²) in [7, 11) is 0. The van der Waals surface area contributed by atoms with Crippen molar-refractivity contribution in [2.75, 3.05) is 50.9 Å². The number of amides is 1. The maximum Gasteiger partial charge on any atom is 0.226 e. The van der Waals surface area contributed by atoms with Crippen LogP contribution in [0.4, 0.5) is 5.69 Å². The quantitative estimate of drug-likeness (QED) is 0.812. The van der Waals surface area contributed by atoms with E-state index in [1.165, 1.54) is 0 Å². The molecular formula is C21H24N2O4. The van der Waals surface area contributed by atoms with E-state index in [-0.39, 0.29) is 5.91 Å². The number of anilines is 1. The van der Waals surface area contributed by atoms with Gasteiger partial charge in [0.1, 0.15) is 19.0 Å². The Morgan fingerprint density at radius 1 is 0.926 bits per heavy atom. The Morgan fingerprint density at radius 3 is 2.44 bits per heavy atom. The number of rotatable bonds is 5. The molecule has 1 amide bonds. The van der Waals surface area contributed by atoms with Crippen LogP contribution in [0.3, 0.4) is 0 Å². The number of fused-ring (bicyclic) bond motifs is 1. The zero-order valence-electron chi connectivity index (χ0n) is 15.3. The van der Waals surface area contributed by atoms with E-state index in [4.69, 9.17) is 14.2 Å². The second-order valence-electron chi connectivity index (χ2n) is 6.61. The average molecular weight is 368 g/mol. The van der Waals surface area contributed by atoms with Crippen LogP contribution in [0.1, 0.15) is 6.42 Å². The second-order valence-corrected chi connectivity index (χ2v) is 6.61. The molecule has 2 aliphatic heterocycles. The summed E-state index contributed by atoms with van der Waals surface area (Å²) in [6.07, 6.45) is 0.402. The summed E-state index contributed by atoms with van der Waals surface area (Å²) in [6, 6.07) is 15.6. The summed E-state index contributed by atoms with van der Waals surface area (Å²) in [4.78, 5) is 16.6. The lowest BCUT2D eigenvalue weighted by molar-refractivity contribution is -0.132. The number of hydrogen-bond donors (Lipinski definition) is 0. The van der Waals surface area contributed by atoms with E-state index in [1.807, 2.05) is 47.4 Å². The van der Waals surface area contributed by atoms with Crippen LogP contribution in [0.5, 0.6) is 17.2 Å². The van der Waals surface area contributed by atoms with Crippen LogP contribution in [-0.4, -0.2) is 56.8 Å². The van der Waals surface area contributed by atoms with Crippen LogP contribution in [0.2, 0.25) is 0 Å². The average Bonchev–Trinajstić information content (AvgIpc) is 2.74. The van der Waals surface area contributed by atoms with Crippen LogP contribution < -0.4 is 19.1 Å². The molecule has 0 saturated carbocycles. The van der Waals surface area contributed by atoms with E-state index in [1.54, 1.807) is 0 Å². The van der Waals surface area contributed by atoms with Crippen molar-refractivity contribution < 1.29 is 19.0 Å². The summed E-state index contributed by atoms with van der Waals surface area (Å²) in [5.41, 5.74) is 1.11. The molecule has 0 unspecified atom stereocenters. The molecule has 4 rings (SSSR count). The van der Waals surface area contributed by atoms with Gasteiger partial charge in [-0.25, -0.2) is 0 Å². The number of benzene rings is 2. The molecule has 2 aromatic carbocycles. The number of carbonyl (C=O) groups is 1. The zero-order valence-corrected chi connectivity index (χ0v) is 15.3. The van der Waals surface area contributed by atoms with Crippen molar-refractivity contribution in [3.63, 3.8) is 0 Å². The van der Waals surface area contributed by atoms with Crippen molar-refractivity contribution >= 4 is 11.6 Å². The molecule has 0 bridgehead atoms. The van der Waals surface area contributed by atoms with Gasteiger partial charge in [0.2, 0.25) is 5.91 Å². The lowest BCUT2D eigenvalue weighted by atomic mass is 10.2. The molecule has 2 aromatic rings. The Kier molecular flexibility index (Phi) is 5.32. The van der Waals surface area contributed by atoms with Gasteiger partial charge in [0.15, 0.2) is 11.5 Å². The lowest BCUT2D eigenvalue weighted by Gasteiger charge is -2.36. The molecule has 1 fully saturated rings. The molecule has 0 aromatic heterocycles. The highest BCUT2D eigenvalue weighted by atomic mass is 16.6. The van der Waals surface area contributed by atoms with Crippen molar-refractivity contribution in [3.8, 4) is 17.2 Å². The second kappa shape index (κ2) is 8.20. The molecule has 0 N–H and O–H groups in total. The number of ether oxygens (including phenoxy) is 3. The largest absolute Gasteiger partial charge is 0.493 e. The molecule has 6 nitrogen and oxygen atoms in total. The Labute approximate surface area is 159 Å². The van der Waals surface area contributed by atoms with Crippen LogP contribution in [-0.2, 0) is 4.79 Å². The first-order valence-corrected chi connectivity index (χ1v) is 9.40. The first-order valence-electron chi connectivity index (χ1n) is 9.40. The van der Waals surface area contributed by atoms with Crippen LogP contribution in [0, 0.1) is 0 Å². The van der Waals surface area contributed by atoms with Crippen molar-refractivity contribution in [3.05, 3.63) is 48.5 Å². The van der Waals surface area contributed by atoms with Crippen molar-refractivity contribution in [1.29, 1.82) is 0 Å². The van der Waals surface area contributed by atoms with Crippen LogP contribution >= 0.6 is 0 Å². The first-order chi connectivity index (χ1) is 13.3. The van der Waals surface area contributed by atoms with Gasteiger partial charge in [-0.3, -0.25) is 4.79 Å². The van der Waals surface area contributed by atoms with Gasteiger partial charge in [0.25, 0.3) is 0 Å². The summed E-state index contributed by atoms with van der Waals surface area (Å²) in [5.74, 6) is 2.55. The minimum absolute atomic E-state index is 0.146. The van der Waals surface area contributed by atoms with Crippen LogP contribution in [0.25, 0.3) is 0 Å². The van der Waals surface area contributed by atoms with Gasteiger partial charge < -0.3 is 24.0 Å². The molecule has 0 radical (unpaired) electrons. The summed E-state index contributed by atoms with van der Waals surface area (Å²) >= 11 is 0. The minimum Gasteiger partial charge on any atom is -0.493 e. The number of nitrogens with zero attached hydrogens (tertiary/aromatic N) is 2. The van der Waals surface area contributed by atoms with Gasteiger partial charge in [-0.15, -0.1) is 0 Å². The third-order valence-electron chi connectivity index (χ3n) is 4.85. The molecule has 27 heavy (non-hydrogen) atoms.